The average molecular weight is 674 g/mol. The Bertz CT molecular complexity index is 1700. The van der Waals surface area contributed by atoms with Crippen molar-refractivity contribution in [1.82, 2.24) is 10.9 Å². The first-order valence-electron chi connectivity index (χ1n) is 14.2. The molecule has 1 amide bonds. The number of hydrogen-bond acceptors (Lipinski definition) is 7. The first-order valence-corrected chi connectivity index (χ1v) is 15.0. The van der Waals surface area contributed by atoms with Gasteiger partial charge in [0.2, 0.25) is 5.90 Å². The Labute approximate surface area is 267 Å². The summed E-state index contributed by atoms with van der Waals surface area (Å²) in [6.07, 6.45) is -0.317. The lowest BCUT2D eigenvalue weighted by atomic mass is 9.81. The summed E-state index contributed by atoms with van der Waals surface area (Å²) in [5.74, 6) is 0.0343. The second-order valence-corrected chi connectivity index (χ2v) is 11.2. The maximum Gasteiger partial charge on any atom is 0.266 e. The fraction of sp³-hybridized carbons (Fsp3) is 0.212. The number of hydrazine groups is 1. The van der Waals surface area contributed by atoms with Crippen LogP contribution >= 0.6 is 15.9 Å². The van der Waals surface area contributed by atoms with Gasteiger partial charge >= 0.3 is 0 Å². The van der Waals surface area contributed by atoms with Crippen LogP contribution in [0.5, 0.6) is 5.75 Å². The van der Waals surface area contributed by atoms with Gasteiger partial charge in [-0.3, -0.25) is 10.2 Å². The predicted molar refractivity (Wildman–Crippen MR) is 171 cm³/mol. The summed E-state index contributed by atoms with van der Waals surface area (Å²) in [6, 6.07) is 27.5. The molecule has 2 atom stereocenters. The standard InChI is InChI=1S/C33H30BrFN6O4/c34-26-12-8-23(9-13-26)30-33(20-25-4-1-2-5-29(25)39-41-36,32(43)40-37-21-22-6-14-27(35)15-7-22)38-31(45-30)24-10-16-28(17-11-24)44-19-3-18-42/h1-2,4-17,30,37,42H,3,18-21H2,(H,40,43)/t30-,33-/m0/s1. The maximum absolute atomic E-state index is 14.3. The molecule has 0 aromatic heterocycles. The van der Waals surface area contributed by atoms with Crippen molar-refractivity contribution in [2.45, 2.75) is 31.0 Å². The average Bonchev–Trinajstić information content (AvgIpc) is 3.44. The quantitative estimate of drug-likeness (QED) is 0.0482. The second-order valence-electron chi connectivity index (χ2n) is 10.3. The van der Waals surface area contributed by atoms with Crippen LogP contribution in [0.25, 0.3) is 10.4 Å². The molecule has 1 aliphatic heterocycles. The van der Waals surface area contributed by atoms with Gasteiger partial charge in [0.1, 0.15) is 11.6 Å². The molecule has 0 saturated carbocycles. The van der Waals surface area contributed by atoms with Crippen LogP contribution in [0.15, 0.2) is 112 Å². The minimum Gasteiger partial charge on any atom is -0.494 e. The molecule has 1 heterocycles. The molecule has 5 rings (SSSR count). The molecule has 4 aromatic rings. The molecule has 12 heteroatoms. The number of aliphatic hydroxyl groups excluding tert-OH is 1. The van der Waals surface area contributed by atoms with Gasteiger partial charge in [-0.1, -0.05) is 69.6 Å². The number of ether oxygens (including phenoxy) is 2. The highest BCUT2D eigenvalue weighted by Crippen LogP contribution is 2.44. The maximum atomic E-state index is 14.3. The van der Waals surface area contributed by atoms with Crippen molar-refractivity contribution in [3.63, 3.8) is 0 Å². The van der Waals surface area contributed by atoms with E-state index in [1.807, 2.05) is 24.3 Å². The number of carbonyl (C=O) groups is 1. The molecule has 0 aliphatic carbocycles. The highest BCUT2D eigenvalue weighted by molar-refractivity contribution is 9.10. The van der Waals surface area contributed by atoms with Crippen LogP contribution in [0.2, 0.25) is 0 Å². The van der Waals surface area contributed by atoms with E-state index >= 15 is 0 Å². The highest BCUT2D eigenvalue weighted by atomic mass is 79.9. The van der Waals surface area contributed by atoms with Crippen molar-refractivity contribution < 1.29 is 23.8 Å². The molecule has 4 aromatic carbocycles. The first-order chi connectivity index (χ1) is 21.9. The van der Waals surface area contributed by atoms with Crippen molar-refractivity contribution in [3.8, 4) is 5.75 Å². The third-order valence-electron chi connectivity index (χ3n) is 7.21. The van der Waals surface area contributed by atoms with Crippen molar-refractivity contribution >= 4 is 33.4 Å². The molecule has 3 N–H and O–H groups in total. The number of nitrogens with zero attached hydrogens (tertiary/aromatic N) is 4. The number of hydrogen-bond donors (Lipinski definition) is 3. The number of rotatable bonds is 13. The Balaban J connectivity index is 1.55. The largest absolute Gasteiger partial charge is 0.494 e. The van der Waals surface area contributed by atoms with Crippen LogP contribution < -0.4 is 15.6 Å². The molecule has 1 aliphatic rings. The van der Waals surface area contributed by atoms with Gasteiger partial charge in [0.05, 0.1) is 6.61 Å². The summed E-state index contributed by atoms with van der Waals surface area (Å²) < 4.78 is 26.5. The molecule has 0 spiro atoms. The third-order valence-corrected chi connectivity index (χ3v) is 7.74. The molecule has 0 radical (unpaired) electrons. The van der Waals surface area contributed by atoms with Gasteiger partial charge in [0.15, 0.2) is 11.6 Å². The van der Waals surface area contributed by atoms with Gasteiger partial charge in [-0.25, -0.2) is 14.8 Å². The van der Waals surface area contributed by atoms with Gasteiger partial charge in [0.25, 0.3) is 5.91 Å². The van der Waals surface area contributed by atoms with E-state index < -0.39 is 17.6 Å². The molecule has 0 bridgehead atoms. The number of nitrogens with one attached hydrogen (secondary N) is 2. The number of halogens is 2. The Morgan fingerprint density at radius 3 is 2.51 bits per heavy atom. The van der Waals surface area contributed by atoms with E-state index in [1.165, 1.54) is 12.1 Å². The number of carbonyl (C=O) groups excluding carboxylic acids is 1. The normalized spacial score (nSPS) is 17.1. The molecule has 230 valence electrons. The van der Waals surface area contributed by atoms with E-state index in [1.54, 1.807) is 60.7 Å². The van der Waals surface area contributed by atoms with Gasteiger partial charge in [-0.15, -0.1) is 0 Å². The van der Waals surface area contributed by atoms with E-state index in [4.69, 9.17) is 19.6 Å². The summed E-state index contributed by atoms with van der Waals surface area (Å²) in [7, 11) is 0. The fourth-order valence-corrected chi connectivity index (χ4v) is 5.22. The zero-order chi connectivity index (χ0) is 31.6. The monoisotopic (exact) mass is 672 g/mol. The van der Waals surface area contributed by atoms with E-state index in [2.05, 4.69) is 36.8 Å². The van der Waals surface area contributed by atoms with Crippen LogP contribution in [-0.4, -0.2) is 35.7 Å². The van der Waals surface area contributed by atoms with Crippen LogP contribution in [0.4, 0.5) is 10.1 Å². The Morgan fingerprint density at radius 2 is 1.80 bits per heavy atom. The second kappa shape index (κ2) is 14.8. The van der Waals surface area contributed by atoms with Crippen LogP contribution in [0, 0.1) is 5.82 Å². The smallest absolute Gasteiger partial charge is 0.266 e. The van der Waals surface area contributed by atoms with Gasteiger partial charge in [0, 0.05) is 46.6 Å². The molecule has 0 fully saturated rings. The number of amides is 1. The Morgan fingerprint density at radius 1 is 1.07 bits per heavy atom. The Kier molecular flexibility index (Phi) is 10.4. The minimum atomic E-state index is -1.55. The Hall–Kier alpha value is -4.74. The van der Waals surface area contributed by atoms with E-state index in [-0.39, 0.29) is 31.3 Å². The summed E-state index contributed by atoms with van der Waals surface area (Å²) in [5, 5.41) is 12.9. The summed E-state index contributed by atoms with van der Waals surface area (Å²) in [4.78, 5) is 22.3. The number of aliphatic imine (C=N–C) groups is 1. The van der Waals surface area contributed by atoms with Gasteiger partial charge in [-0.2, -0.15) is 0 Å². The molecular weight excluding hydrogens is 643 g/mol. The fourth-order valence-electron chi connectivity index (χ4n) is 4.95. The molecular formula is C33H30BrFN6O4. The topological polar surface area (TPSA) is 141 Å². The van der Waals surface area contributed by atoms with Crippen molar-refractivity contribution in [3.05, 3.63) is 140 Å². The lowest BCUT2D eigenvalue weighted by molar-refractivity contribution is -0.130. The zero-order valence-electron chi connectivity index (χ0n) is 24.1. The molecule has 0 saturated heterocycles. The van der Waals surface area contributed by atoms with E-state index in [9.17, 15) is 14.7 Å². The first kappa shape index (κ1) is 31.7. The zero-order valence-corrected chi connectivity index (χ0v) is 25.7. The molecule has 0 unspecified atom stereocenters. The number of aliphatic hydroxyl groups is 1. The summed E-state index contributed by atoms with van der Waals surface area (Å²) >= 11 is 3.48. The van der Waals surface area contributed by atoms with Crippen molar-refractivity contribution in [1.29, 1.82) is 0 Å². The predicted octanol–water partition coefficient (Wildman–Crippen LogP) is 6.61. The van der Waals surface area contributed by atoms with Gasteiger partial charge < -0.3 is 14.6 Å². The summed E-state index contributed by atoms with van der Waals surface area (Å²) in [6.45, 7) is 0.638. The van der Waals surface area contributed by atoms with Crippen LogP contribution in [0.1, 0.15) is 34.8 Å². The molecule has 10 nitrogen and oxygen atoms in total. The van der Waals surface area contributed by atoms with Crippen LogP contribution in [0.3, 0.4) is 0 Å². The lowest BCUT2D eigenvalue weighted by Gasteiger charge is -2.31. The van der Waals surface area contributed by atoms with Crippen molar-refractivity contribution in [2.75, 3.05) is 13.2 Å². The van der Waals surface area contributed by atoms with Gasteiger partial charge in [-0.05, 0) is 70.8 Å². The number of benzene rings is 4. The van der Waals surface area contributed by atoms with Crippen molar-refractivity contribution in [2.24, 2.45) is 10.1 Å². The van der Waals surface area contributed by atoms with E-state index in [0.717, 1.165) is 10.0 Å². The SMILES string of the molecule is [N-]=[N+]=Nc1ccccc1C[C@]1(C(=O)NNCc2ccc(F)cc2)N=C(c2ccc(OCCCO)cc2)O[C@H]1c1ccc(Br)cc1. The lowest BCUT2D eigenvalue weighted by Crippen LogP contribution is -2.53. The minimum absolute atomic E-state index is 0.0336. The van der Waals surface area contributed by atoms with E-state index in [0.29, 0.717) is 41.2 Å². The van der Waals surface area contributed by atoms with Crippen LogP contribution in [-0.2, 0) is 22.5 Å². The number of azide groups is 1. The third kappa shape index (κ3) is 7.68. The molecule has 45 heavy (non-hydrogen) atoms. The highest BCUT2D eigenvalue weighted by Gasteiger charge is 2.53. The summed E-state index contributed by atoms with van der Waals surface area (Å²) in [5.41, 5.74) is 16.5.